The first kappa shape index (κ1) is 24.8. The first-order valence-corrected chi connectivity index (χ1v) is 11.8. The SMILES string of the molecule is CN(C(=O)c1cc(NCC2(C=O)C(c3cc(Cl)cc(Cl)c3)C2(Cl)Cl)ccc1F)c1ccccc1. The van der Waals surface area contributed by atoms with Gasteiger partial charge in [0.1, 0.15) is 16.4 Å². The van der Waals surface area contributed by atoms with Crippen LogP contribution in [0, 0.1) is 11.2 Å². The van der Waals surface area contributed by atoms with Crippen LogP contribution >= 0.6 is 46.4 Å². The van der Waals surface area contributed by atoms with Crippen molar-refractivity contribution in [3.63, 3.8) is 0 Å². The Morgan fingerprint density at radius 2 is 1.71 bits per heavy atom. The van der Waals surface area contributed by atoms with Crippen LogP contribution in [0.25, 0.3) is 0 Å². The van der Waals surface area contributed by atoms with Crippen molar-refractivity contribution in [1.82, 2.24) is 0 Å². The molecule has 4 rings (SSSR count). The van der Waals surface area contributed by atoms with Crippen molar-refractivity contribution in [2.75, 3.05) is 23.8 Å². The predicted molar refractivity (Wildman–Crippen MR) is 136 cm³/mol. The van der Waals surface area contributed by atoms with Crippen LogP contribution in [0.3, 0.4) is 0 Å². The first-order chi connectivity index (χ1) is 16.1. The average Bonchev–Trinajstić information content (AvgIpc) is 3.32. The van der Waals surface area contributed by atoms with Crippen LogP contribution in [0.4, 0.5) is 15.8 Å². The van der Waals surface area contributed by atoms with E-state index in [1.54, 1.807) is 49.5 Å². The molecule has 1 N–H and O–H groups in total. The summed E-state index contributed by atoms with van der Waals surface area (Å²) in [6, 6.07) is 17.9. The van der Waals surface area contributed by atoms with Crippen LogP contribution < -0.4 is 10.2 Å². The van der Waals surface area contributed by atoms with Gasteiger partial charge in [0.25, 0.3) is 5.91 Å². The zero-order valence-corrected chi connectivity index (χ0v) is 20.9. The molecule has 0 radical (unpaired) electrons. The van der Waals surface area contributed by atoms with Crippen molar-refractivity contribution in [3.05, 3.63) is 93.7 Å². The van der Waals surface area contributed by atoms with Gasteiger partial charge >= 0.3 is 0 Å². The summed E-state index contributed by atoms with van der Waals surface area (Å²) < 4.78 is 13.1. The number of benzene rings is 3. The fourth-order valence-corrected chi connectivity index (χ4v) is 5.65. The van der Waals surface area contributed by atoms with E-state index in [9.17, 15) is 14.0 Å². The summed E-state index contributed by atoms with van der Waals surface area (Å²) in [6.07, 6.45) is 0.707. The van der Waals surface area contributed by atoms with E-state index >= 15 is 0 Å². The minimum Gasteiger partial charge on any atom is -0.384 e. The second-order valence-electron chi connectivity index (χ2n) is 8.16. The second-order valence-corrected chi connectivity index (χ2v) is 10.4. The van der Waals surface area contributed by atoms with E-state index in [2.05, 4.69) is 5.32 Å². The molecular weight excluding hydrogens is 521 g/mol. The third-order valence-corrected chi connectivity index (χ3v) is 7.65. The molecule has 1 saturated carbocycles. The Morgan fingerprint density at radius 3 is 2.32 bits per heavy atom. The number of aldehydes is 1. The normalized spacial score (nSPS) is 20.5. The lowest BCUT2D eigenvalue weighted by Crippen LogP contribution is -2.27. The Morgan fingerprint density at radius 1 is 1.06 bits per heavy atom. The molecular formula is C25H19Cl4FN2O2. The van der Waals surface area contributed by atoms with Gasteiger partial charge in [0, 0.05) is 40.9 Å². The van der Waals surface area contributed by atoms with E-state index in [0.717, 1.165) is 0 Å². The molecule has 34 heavy (non-hydrogen) atoms. The van der Waals surface area contributed by atoms with E-state index in [0.29, 0.717) is 33.3 Å². The zero-order chi connectivity index (χ0) is 24.7. The lowest BCUT2D eigenvalue weighted by molar-refractivity contribution is -0.112. The van der Waals surface area contributed by atoms with Crippen LogP contribution in [0.1, 0.15) is 21.8 Å². The molecule has 9 heteroatoms. The highest BCUT2D eigenvalue weighted by atomic mass is 35.5. The summed E-state index contributed by atoms with van der Waals surface area (Å²) in [6.45, 7) is 0.0477. The Kier molecular flexibility index (Phi) is 6.85. The van der Waals surface area contributed by atoms with Gasteiger partial charge in [-0.2, -0.15) is 0 Å². The van der Waals surface area contributed by atoms with E-state index in [-0.39, 0.29) is 12.1 Å². The van der Waals surface area contributed by atoms with E-state index in [1.807, 2.05) is 6.07 Å². The summed E-state index contributed by atoms with van der Waals surface area (Å²) in [7, 11) is 1.57. The number of halogens is 5. The summed E-state index contributed by atoms with van der Waals surface area (Å²) in [5.41, 5.74) is 0.402. The Hall–Kier alpha value is -2.31. The minimum absolute atomic E-state index is 0.0477. The number of hydrogen-bond donors (Lipinski definition) is 1. The molecule has 0 spiro atoms. The molecule has 3 aromatic rings. The number of nitrogens with one attached hydrogen (secondary N) is 1. The molecule has 0 aromatic heterocycles. The largest absolute Gasteiger partial charge is 0.384 e. The maximum atomic E-state index is 14.5. The molecule has 1 aliphatic rings. The highest BCUT2D eigenvalue weighted by Crippen LogP contribution is 2.73. The standard InChI is InChI=1S/C25H19Cl4FN2O2/c1-32(19-5-3-2-4-6-19)23(34)20-12-18(7-8-21(20)30)31-13-24(14-33)22(25(24,28)29)15-9-16(26)11-17(27)10-15/h2-12,14,22,31H,13H2,1H3. The molecule has 2 atom stereocenters. The third-order valence-electron chi connectivity index (χ3n) is 6.07. The summed E-state index contributed by atoms with van der Waals surface area (Å²) in [5, 5.41) is 3.88. The molecule has 0 saturated heterocycles. The minimum atomic E-state index is -1.40. The van der Waals surface area contributed by atoms with Gasteiger partial charge < -0.3 is 15.0 Å². The fraction of sp³-hybridized carbons (Fsp3) is 0.200. The van der Waals surface area contributed by atoms with Gasteiger partial charge in [-0.05, 0) is 54.1 Å². The Balaban J connectivity index is 1.56. The smallest absolute Gasteiger partial charge is 0.261 e. The van der Waals surface area contributed by atoms with Crippen LogP contribution in [0.2, 0.25) is 10.0 Å². The summed E-state index contributed by atoms with van der Waals surface area (Å²) in [4.78, 5) is 26.4. The fourth-order valence-electron chi connectivity index (χ4n) is 4.13. The molecule has 2 unspecified atom stereocenters. The molecule has 4 nitrogen and oxygen atoms in total. The van der Waals surface area contributed by atoms with Gasteiger partial charge in [-0.25, -0.2) is 4.39 Å². The number of alkyl halides is 2. The van der Waals surface area contributed by atoms with Gasteiger partial charge in [0.2, 0.25) is 0 Å². The monoisotopic (exact) mass is 538 g/mol. The summed E-state index contributed by atoms with van der Waals surface area (Å²) in [5.74, 6) is -1.74. The number of amides is 1. The molecule has 1 amide bonds. The molecule has 0 heterocycles. The van der Waals surface area contributed by atoms with Crippen molar-refractivity contribution in [2.45, 2.75) is 10.3 Å². The number of para-hydroxylation sites is 1. The second kappa shape index (κ2) is 9.38. The van der Waals surface area contributed by atoms with Crippen molar-refractivity contribution < 1.29 is 14.0 Å². The quantitative estimate of drug-likeness (QED) is 0.260. The average molecular weight is 540 g/mol. The Bertz CT molecular complexity index is 1230. The number of hydrogen-bond acceptors (Lipinski definition) is 3. The zero-order valence-electron chi connectivity index (χ0n) is 17.9. The van der Waals surface area contributed by atoms with Crippen LogP contribution in [-0.4, -0.2) is 30.1 Å². The topological polar surface area (TPSA) is 49.4 Å². The predicted octanol–water partition coefficient (Wildman–Crippen LogP) is 6.98. The summed E-state index contributed by atoms with van der Waals surface area (Å²) >= 11 is 25.3. The number of carbonyl (C=O) groups excluding carboxylic acids is 2. The number of rotatable bonds is 7. The maximum Gasteiger partial charge on any atom is 0.261 e. The lowest BCUT2D eigenvalue weighted by Gasteiger charge is -2.19. The van der Waals surface area contributed by atoms with Crippen LogP contribution in [-0.2, 0) is 4.79 Å². The van der Waals surface area contributed by atoms with Crippen LogP contribution in [0.15, 0.2) is 66.7 Å². The molecule has 176 valence electrons. The van der Waals surface area contributed by atoms with Crippen molar-refractivity contribution in [3.8, 4) is 0 Å². The van der Waals surface area contributed by atoms with Gasteiger partial charge in [-0.15, -0.1) is 0 Å². The molecule has 3 aromatic carbocycles. The first-order valence-electron chi connectivity index (χ1n) is 10.3. The van der Waals surface area contributed by atoms with Gasteiger partial charge in [0.15, 0.2) is 0 Å². The number of carbonyl (C=O) groups is 2. The van der Waals surface area contributed by atoms with Crippen molar-refractivity contribution >= 4 is 70.0 Å². The third kappa shape index (κ3) is 4.38. The van der Waals surface area contributed by atoms with E-state index < -0.39 is 27.4 Å². The molecule has 0 aliphatic heterocycles. The molecule has 1 aliphatic carbocycles. The number of nitrogens with zero attached hydrogens (tertiary/aromatic N) is 1. The van der Waals surface area contributed by atoms with E-state index in [1.165, 1.54) is 23.1 Å². The van der Waals surface area contributed by atoms with E-state index in [4.69, 9.17) is 46.4 Å². The van der Waals surface area contributed by atoms with Crippen molar-refractivity contribution in [1.29, 1.82) is 0 Å². The maximum absolute atomic E-state index is 14.5. The highest BCUT2D eigenvalue weighted by Gasteiger charge is 2.76. The van der Waals surface area contributed by atoms with Gasteiger partial charge in [-0.1, -0.05) is 64.6 Å². The highest BCUT2D eigenvalue weighted by molar-refractivity contribution is 6.54. The number of anilines is 2. The van der Waals surface area contributed by atoms with Crippen LogP contribution in [0.5, 0.6) is 0 Å². The van der Waals surface area contributed by atoms with Gasteiger partial charge in [-0.3, -0.25) is 4.79 Å². The van der Waals surface area contributed by atoms with Gasteiger partial charge in [0.05, 0.1) is 11.0 Å². The Labute approximate surface area is 216 Å². The van der Waals surface area contributed by atoms with Crippen molar-refractivity contribution in [2.24, 2.45) is 5.41 Å². The lowest BCUT2D eigenvalue weighted by atomic mass is 10.00. The molecule has 0 bridgehead atoms. The molecule has 1 fully saturated rings.